The van der Waals surface area contributed by atoms with Crippen molar-refractivity contribution in [3.05, 3.63) is 39.4 Å². The van der Waals surface area contributed by atoms with Crippen LogP contribution in [0.5, 0.6) is 0 Å². The van der Waals surface area contributed by atoms with Crippen LogP contribution in [-0.2, 0) is 0 Å². The van der Waals surface area contributed by atoms with Gasteiger partial charge in [0.05, 0.1) is 4.92 Å². The number of carbonyl (C=O) groups excluding carboxylic acids is 1. The van der Waals surface area contributed by atoms with E-state index in [1.165, 1.54) is 18.2 Å². The van der Waals surface area contributed by atoms with E-state index in [0.717, 1.165) is 6.42 Å². The summed E-state index contributed by atoms with van der Waals surface area (Å²) < 4.78 is 0. The first-order valence-corrected chi connectivity index (χ1v) is 6.56. The fraction of sp³-hybridized carbons (Fsp3) is 0.462. The van der Waals surface area contributed by atoms with Crippen molar-refractivity contribution < 1.29 is 9.72 Å². The normalized spacial score (nSPS) is 11.9. The molecule has 0 spiro atoms. The van der Waals surface area contributed by atoms with Crippen molar-refractivity contribution in [3.63, 3.8) is 0 Å². The molecule has 0 aliphatic rings. The topological polar surface area (TPSA) is 72.2 Å². The Hall–Kier alpha value is -1.62. The number of halogens is 1. The van der Waals surface area contributed by atoms with Gasteiger partial charge in [-0.3, -0.25) is 14.9 Å². The Kier molecular flexibility index (Phi) is 5.76. The SMILES string of the molecule is CCC(Cl)CCNC(=O)c1ccc([N+](=O)[O-])c(C)c1. The number of aryl methyl sites for hydroxylation is 1. The molecule has 0 fully saturated rings. The van der Waals surface area contributed by atoms with Gasteiger partial charge >= 0.3 is 0 Å². The van der Waals surface area contributed by atoms with E-state index in [9.17, 15) is 14.9 Å². The van der Waals surface area contributed by atoms with Crippen LogP contribution in [0.3, 0.4) is 0 Å². The molecule has 1 N–H and O–H groups in total. The number of nitrogens with one attached hydrogen (secondary N) is 1. The van der Waals surface area contributed by atoms with Crippen molar-refractivity contribution in [1.29, 1.82) is 0 Å². The maximum atomic E-state index is 11.8. The van der Waals surface area contributed by atoms with Crippen LogP contribution in [0.2, 0.25) is 0 Å². The number of nitro groups is 1. The van der Waals surface area contributed by atoms with Gasteiger partial charge in [0.25, 0.3) is 11.6 Å². The molecule has 1 unspecified atom stereocenters. The smallest absolute Gasteiger partial charge is 0.272 e. The second kappa shape index (κ2) is 7.09. The lowest BCUT2D eigenvalue weighted by Crippen LogP contribution is -2.26. The molecule has 1 aromatic rings. The third-order valence-corrected chi connectivity index (χ3v) is 3.37. The second-order valence-corrected chi connectivity index (χ2v) is 4.93. The Morgan fingerprint density at radius 3 is 2.74 bits per heavy atom. The quantitative estimate of drug-likeness (QED) is 0.496. The molecule has 0 radical (unpaired) electrons. The van der Waals surface area contributed by atoms with Crippen molar-refractivity contribution in [1.82, 2.24) is 5.32 Å². The van der Waals surface area contributed by atoms with Crippen LogP contribution in [0.25, 0.3) is 0 Å². The maximum Gasteiger partial charge on any atom is 0.272 e. The summed E-state index contributed by atoms with van der Waals surface area (Å²) in [6.07, 6.45) is 1.56. The average molecular weight is 285 g/mol. The van der Waals surface area contributed by atoms with E-state index in [4.69, 9.17) is 11.6 Å². The highest BCUT2D eigenvalue weighted by atomic mass is 35.5. The van der Waals surface area contributed by atoms with Gasteiger partial charge in [0.15, 0.2) is 0 Å². The summed E-state index contributed by atoms with van der Waals surface area (Å²) in [4.78, 5) is 22.0. The molecule has 0 saturated heterocycles. The first-order valence-electron chi connectivity index (χ1n) is 6.13. The summed E-state index contributed by atoms with van der Waals surface area (Å²) >= 11 is 5.95. The number of rotatable bonds is 6. The molecule has 104 valence electrons. The van der Waals surface area contributed by atoms with Crippen LogP contribution in [0.15, 0.2) is 18.2 Å². The van der Waals surface area contributed by atoms with E-state index in [2.05, 4.69) is 5.32 Å². The fourth-order valence-electron chi connectivity index (χ4n) is 1.65. The molecule has 6 heteroatoms. The molecule has 0 aliphatic heterocycles. The van der Waals surface area contributed by atoms with E-state index in [-0.39, 0.29) is 17.0 Å². The maximum absolute atomic E-state index is 11.8. The van der Waals surface area contributed by atoms with Crippen LogP contribution in [0.4, 0.5) is 5.69 Å². The summed E-state index contributed by atoms with van der Waals surface area (Å²) in [5.41, 5.74) is 0.913. The number of amides is 1. The number of hydrogen-bond acceptors (Lipinski definition) is 3. The van der Waals surface area contributed by atoms with Crippen molar-refractivity contribution in [2.45, 2.75) is 32.1 Å². The number of nitrogens with zero attached hydrogens (tertiary/aromatic N) is 1. The van der Waals surface area contributed by atoms with Crippen molar-refractivity contribution >= 4 is 23.2 Å². The Labute approximate surface area is 117 Å². The van der Waals surface area contributed by atoms with Gasteiger partial charge in [-0.2, -0.15) is 0 Å². The summed E-state index contributed by atoms with van der Waals surface area (Å²) in [5.74, 6) is -0.238. The van der Waals surface area contributed by atoms with Gasteiger partial charge in [0, 0.05) is 29.1 Å². The minimum atomic E-state index is -0.462. The van der Waals surface area contributed by atoms with E-state index in [0.29, 0.717) is 24.1 Å². The number of alkyl halides is 1. The zero-order chi connectivity index (χ0) is 14.4. The van der Waals surface area contributed by atoms with Gasteiger partial charge in [-0.1, -0.05) is 6.92 Å². The van der Waals surface area contributed by atoms with Gasteiger partial charge in [-0.25, -0.2) is 0 Å². The Morgan fingerprint density at radius 1 is 1.53 bits per heavy atom. The largest absolute Gasteiger partial charge is 0.352 e. The minimum Gasteiger partial charge on any atom is -0.352 e. The predicted octanol–water partition coefficient (Wildman–Crippen LogP) is 3.04. The average Bonchev–Trinajstić information content (AvgIpc) is 2.37. The van der Waals surface area contributed by atoms with E-state index >= 15 is 0 Å². The Balaban J connectivity index is 2.63. The molecular weight excluding hydrogens is 268 g/mol. The Bertz CT molecular complexity index is 477. The first-order chi connectivity index (χ1) is 8.95. The van der Waals surface area contributed by atoms with E-state index in [1.54, 1.807) is 6.92 Å². The van der Waals surface area contributed by atoms with Crippen molar-refractivity contribution in [3.8, 4) is 0 Å². The fourth-order valence-corrected chi connectivity index (χ4v) is 1.76. The second-order valence-electron chi connectivity index (χ2n) is 4.31. The molecule has 1 atom stereocenters. The summed E-state index contributed by atoms with van der Waals surface area (Å²) in [5, 5.41) is 13.5. The number of nitro benzene ring substituents is 1. The Morgan fingerprint density at radius 2 is 2.21 bits per heavy atom. The number of carbonyl (C=O) groups is 1. The standard InChI is InChI=1S/C13H17ClN2O3/c1-3-11(14)6-7-15-13(17)10-4-5-12(16(18)19)9(2)8-10/h4-5,8,11H,3,6-7H2,1-2H3,(H,15,17). The lowest BCUT2D eigenvalue weighted by molar-refractivity contribution is -0.385. The third-order valence-electron chi connectivity index (χ3n) is 2.84. The third kappa shape index (κ3) is 4.52. The molecule has 0 saturated carbocycles. The lowest BCUT2D eigenvalue weighted by atomic mass is 10.1. The van der Waals surface area contributed by atoms with Gasteiger partial charge < -0.3 is 5.32 Å². The predicted molar refractivity (Wildman–Crippen MR) is 74.7 cm³/mol. The molecule has 0 aliphatic carbocycles. The highest BCUT2D eigenvalue weighted by Gasteiger charge is 2.13. The monoisotopic (exact) mass is 284 g/mol. The van der Waals surface area contributed by atoms with Crippen LogP contribution in [-0.4, -0.2) is 22.8 Å². The van der Waals surface area contributed by atoms with Gasteiger partial charge in [0.1, 0.15) is 0 Å². The highest BCUT2D eigenvalue weighted by Crippen LogP contribution is 2.18. The zero-order valence-corrected chi connectivity index (χ0v) is 11.7. The van der Waals surface area contributed by atoms with E-state index < -0.39 is 4.92 Å². The van der Waals surface area contributed by atoms with Crippen molar-refractivity contribution in [2.75, 3.05) is 6.54 Å². The molecule has 0 bridgehead atoms. The lowest BCUT2D eigenvalue weighted by Gasteiger charge is -2.08. The van der Waals surface area contributed by atoms with Crippen LogP contribution < -0.4 is 5.32 Å². The van der Waals surface area contributed by atoms with Crippen LogP contribution in [0.1, 0.15) is 35.7 Å². The van der Waals surface area contributed by atoms with E-state index in [1.807, 2.05) is 6.92 Å². The molecule has 19 heavy (non-hydrogen) atoms. The number of benzene rings is 1. The molecule has 5 nitrogen and oxygen atoms in total. The molecule has 0 aromatic heterocycles. The summed E-state index contributed by atoms with van der Waals surface area (Å²) in [7, 11) is 0. The highest BCUT2D eigenvalue weighted by molar-refractivity contribution is 6.20. The van der Waals surface area contributed by atoms with Crippen LogP contribution in [0, 0.1) is 17.0 Å². The molecular formula is C13H17ClN2O3. The summed E-state index contributed by atoms with van der Waals surface area (Å²) in [6.45, 7) is 4.09. The number of hydrogen-bond donors (Lipinski definition) is 1. The minimum absolute atomic E-state index is 0.0170. The van der Waals surface area contributed by atoms with Gasteiger partial charge in [-0.05, 0) is 31.9 Å². The van der Waals surface area contributed by atoms with Crippen LogP contribution >= 0.6 is 11.6 Å². The molecule has 1 aromatic carbocycles. The van der Waals surface area contributed by atoms with Crippen molar-refractivity contribution in [2.24, 2.45) is 0 Å². The van der Waals surface area contributed by atoms with Gasteiger partial charge in [-0.15, -0.1) is 11.6 Å². The summed E-state index contributed by atoms with van der Waals surface area (Å²) in [6, 6.07) is 4.32. The zero-order valence-electron chi connectivity index (χ0n) is 11.0. The molecule has 0 heterocycles. The molecule has 1 amide bonds. The van der Waals surface area contributed by atoms with Gasteiger partial charge in [0.2, 0.25) is 0 Å². The first kappa shape index (κ1) is 15.4. The molecule has 1 rings (SSSR count).